The highest BCUT2D eigenvalue weighted by Crippen LogP contribution is 2.38. The van der Waals surface area contributed by atoms with Crippen molar-refractivity contribution in [2.75, 3.05) is 6.54 Å². The molecule has 2 heterocycles. The molecule has 1 aromatic carbocycles. The molecule has 2 aromatic heterocycles. The third-order valence-electron chi connectivity index (χ3n) is 4.05. The Morgan fingerprint density at radius 1 is 1.33 bits per heavy atom. The molecule has 3 rings (SSSR count). The van der Waals surface area contributed by atoms with E-state index in [0.717, 1.165) is 5.56 Å². The number of thiophene rings is 1. The number of benzene rings is 1. The molecular formula is C18H17Cl3N4OS. The van der Waals surface area contributed by atoms with Crippen LogP contribution in [0.25, 0.3) is 11.3 Å². The zero-order chi connectivity index (χ0) is 19.6. The molecule has 1 atom stereocenters. The van der Waals surface area contributed by atoms with Crippen LogP contribution < -0.4 is 11.1 Å². The third-order valence-corrected chi connectivity index (χ3v) is 5.92. The summed E-state index contributed by atoms with van der Waals surface area (Å²) in [7, 11) is 1.77. The fourth-order valence-corrected chi connectivity index (χ4v) is 4.42. The predicted octanol–water partition coefficient (Wildman–Crippen LogP) is 4.41. The van der Waals surface area contributed by atoms with Gasteiger partial charge in [-0.05, 0) is 30.2 Å². The lowest BCUT2D eigenvalue weighted by Crippen LogP contribution is -2.41. The van der Waals surface area contributed by atoms with Gasteiger partial charge in [0.1, 0.15) is 4.34 Å². The Bertz CT molecular complexity index is 950. The second-order valence-electron chi connectivity index (χ2n) is 6.00. The van der Waals surface area contributed by atoms with Gasteiger partial charge in [0.2, 0.25) is 0 Å². The van der Waals surface area contributed by atoms with Crippen molar-refractivity contribution >= 4 is 52.0 Å². The van der Waals surface area contributed by atoms with Crippen molar-refractivity contribution in [3.63, 3.8) is 0 Å². The van der Waals surface area contributed by atoms with E-state index in [2.05, 4.69) is 10.4 Å². The van der Waals surface area contributed by atoms with Crippen molar-refractivity contribution in [3.8, 4) is 11.3 Å². The number of aromatic nitrogens is 2. The van der Waals surface area contributed by atoms with Crippen LogP contribution in [0.1, 0.15) is 15.2 Å². The summed E-state index contributed by atoms with van der Waals surface area (Å²) in [6, 6.07) is 8.99. The number of aryl methyl sites for hydroxylation is 1. The van der Waals surface area contributed by atoms with Gasteiger partial charge in [-0.3, -0.25) is 9.48 Å². The summed E-state index contributed by atoms with van der Waals surface area (Å²) in [6.07, 6.45) is 2.13. The van der Waals surface area contributed by atoms with Crippen molar-refractivity contribution in [2.45, 2.75) is 12.5 Å². The first kappa shape index (κ1) is 20.2. The second kappa shape index (κ2) is 8.63. The molecule has 27 heavy (non-hydrogen) atoms. The number of halogens is 3. The van der Waals surface area contributed by atoms with Crippen molar-refractivity contribution in [1.29, 1.82) is 0 Å². The van der Waals surface area contributed by atoms with Gasteiger partial charge in [-0.15, -0.1) is 11.3 Å². The van der Waals surface area contributed by atoms with Crippen molar-refractivity contribution < 1.29 is 4.79 Å². The molecule has 0 spiro atoms. The zero-order valence-electron chi connectivity index (χ0n) is 14.4. The van der Waals surface area contributed by atoms with Gasteiger partial charge in [0, 0.05) is 30.2 Å². The summed E-state index contributed by atoms with van der Waals surface area (Å²) in [5.74, 6) is -0.232. The molecule has 5 nitrogen and oxygen atoms in total. The van der Waals surface area contributed by atoms with Crippen LogP contribution in [-0.2, 0) is 13.5 Å². The quantitative estimate of drug-likeness (QED) is 0.593. The van der Waals surface area contributed by atoms with Crippen LogP contribution in [0.15, 0.2) is 36.5 Å². The number of nitrogens with one attached hydrogen (secondary N) is 1. The summed E-state index contributed by atoms with van der Waals surface area (Å²) in [5, 5.41) is 8.19. The van der Waals surface area contributed by atoms with Crippen molar-refractivity contribution in [1.82, 2.24) is 15.1 Å². The third kappa shape index (κ3) is 4.65. The molecule has 9 heteroatoms. The monoisotopic (exact) mass is 442 g/mol. The average molecular weight is 444 g/mol. The van der Waals surface area contributed by atoms with Gasteiger partial charge in [0.05, 0.1) is 21.8 Å². The van der Waals surface area contributed by atoms with Crippen LogP contribution in [0.4, 0.5) is 0 Å². The number of carbonyl (C=O) groups is 1. The Balaban J connectivity index is 1.76. The average Bonchev–Trinajstić information content (AvgIpc) is 3.16. The van der Waals surface area contributed by atoms with Crippen LogP contribution in [0, 0.1) is 0 Å². The fourth-order valence-electron chi connectivity index (χ4n) is 2.75. The Morgan fingerprint density at radius 3 is 2.74 bits per heavy atom. The van der Waals surface area contributed by atoms with Gasteiger partial charge in [0.15, 0.2) is 0 Å². The van der Waals surface area contributed by atoms with Gasteiger partial charge in [-0.25, -0.2) is 0 Å². The molecule has 0 fully saturated rings. The van der Waals surface area contributed by atoms with Crippen LogP contribution in [0.3, 0.4) is 0 Å². The van der Waals surface area contributed by atoms with Gasteiger partial charge in [-0.1, -0.05) is 46.9 Å². The number of amides is 1. The molecule has 0 saturated carbocycles. The highest BCUT2D eigenvalue weighted by molar-refractivity contribution is 7.18. The number of hydrogen-bond donors (Lipinski definition) is 2. The summed E-state index contributed by atoms with van der Waals surface area (Å²) in [5.41, 5.74) is 8.19. The Hall–Kier alpha value is -1.57. The largest absolute Gasteiger partial charge is 0.347 e. The van der Waals surface area contributed by atoms with Crippen molar-refractivity contribution in [2.24, 2.45) is 12.8 Å². The number of nitrogens with zero attached hydrogens (tertiary/aromatic N) is 2. The highest BCUT2D eigenvalue weighted by atomic mass is 35.5. The normalized spacial score (nSPS) is 12.2. The smallest absolute Gasteiger partial charge is 0.261 e. The number of nitrogens with two attached hydrogens (primary N) is 1. The molecule has 0 aliphatic rings. The maximum atomic E-state index is 12.7. The van der Waals surface area contributed by atoms with E-state index in [1.807, 2.05) is 18.2 Å². The lowest BCUT2D eigenvalue weighted by atomic mass is 10.1. The molecule has 0 saturated heterocycles. The first-order chi connectivity index (χ1) is 12.9. The first-order valence-electron chi connectivity index (χ1n) is 8.11. The summed E-state index contributed by atoms with van der Waals surface area (Å²) < 4.78 is 2.10. The fraction of sp³-hybridized carbons (Fsp3) is 0.222. The molecule has 3 N–H and O–H groups in total. The van der Waals surface area contributed by atoms with Crippen LogP contribution in [0.5, 0.6) is 0 Å². The molecule has 0 bridgehead atoms. The van der Waals surface area contributed by atoms with E-state index in [9.17, 15) is 4.79 Å². The summed E-state index contributed by atoms with van der Waals surface area (Å²) >= 11 is 19.7. The minimum Gasteiger partial charge on any atom is -0.347 e. The van der Waals surface area contributed by atoms with Crippen molar-refractivity contribution in [3.05, 3.63) is 61.4 Å². The van der Waals surface area contributed by atoms with Gasteiger partial charge in [0.25, 0.3) is 5.91 Å². The topological polar surface area (TPSA) is 72.9 Å². The maximum Gasteiger partial charge on any atom is 0.261 e. The number of carbonyl (C=O) groups excluding carboxylic acids is 1. The lowest BCUT2D eigenvalue weighted by molar-refractivity contribution is 0.0942. The molecule has 1 unspecified atom stereocenters. The number of hydrogen-bond acceptors (Lipinski definition) is 4. The zero-order valence-corrected chi connectivity index (χ0v) is 17.5. The Kier molecular flexibility index (Phi) is 6.44. The van der Waals surface area contributed by atoms with E-state index >= 15 is 0 Å². The van der Waals surface area contributed by atoms with E-state index in [4.69, 9.17) is 40.5 Å². The maximum absolute atomic E-state index is 12.7. The first-order valence-corrected chi connectivity index (χ1v) is 10.1. The Labute approximate surface area is 176 Å². The van der Waals surface area contributed by atoms with E-state index in [1.54, 1.807) is 30.1 Å². The van der Waals surface area contributed by atoms with Gasteiger partial charge in [-0.2, -0.15) is 5.10 Å². The highest BCUT2D eigenvalue weighted by Gasteiger charge is 2.21. The molecular weight excluding hydrogens is 427 g/mol. The molecule has 3 aromatic rings. The van der Waals surface area contributed by atoms with Crippen LogP contribution in [-0.4, -0.2) is 28.3 Å². The molecule has 1 amide bonds. The summed E-state index contributed by atoms with van der Waals surface area (Å²) in [4.78, 5) is 13.2. The predicted molar refractivity (Wildman–Crippen MR) is 112 cm³/mol. The van der Waals surface area contributed by atoms with Gasteiger partial charge < -0.3 is 11.1 Å². The minimum atomic E-state index is -0.232. The van der Waals surface area contributed by atoms with E-state index in [1.165, 1.54) is 11.3 Å². The molecule has 0 radical (unpaired) electrons. The SMILES string of the molecule is Cn1ncc(Cl)c1-c1cc(C(=O)NC(CN)Cc2cccc(Cl)c2)sc1Cl. The standard InChI is InChI=1S/C18H17Cl3N4OS/c1-25-16(14(20)9-23-25)13-7-15(27-17(13)21)18(26)24-12(8-22)6-10-3-2-4-11(19)5-10/h2-5,7,9,12H,6,8,22H2,1H3,(H,24,26). The molecule has 0 aliphatic heterocycles. The van der Waals surface area contributed by atoms with Crippen LogP contribution >= 0.6 is 46.1 Å². The van der Waals surface area contributed by atoms with Gasteiger partial charge >= 0.3 is 0 Å². The lowest BCUT2D eigenvalue weighted by Gasteiger charge is -2.16. The minimum absolute atomic E-state index is 0.222. The van der Waals surface area contributed by atoms with E-state index in [-0.39, 0.29) is 11.9 Å². The summed E-state index contributed by atoms with van der Waals surface area (Å²) in [6.45, 7) is 0.303. The molecule has 142 valence electrons. The Morgan fingerprint density at radius 2 is 2.11 bits per heavy atom. The molecule has 0 aliphatic carbocycles. The van der Waals surface area contributed by atoms with E-state index in [0.29, 0.717) is 43.5 Å². The second-order valence-corrected chi connectivity index (χ2v) is 8.50. The van der Waals surface area contributed by atoms with E-state index < -0.39 is 0 Å². The number of rotatable bonds is 6. The van der Waals surface area contributed by atoms with Crippen LogP contribution in [0.2, 0.25) is 14.4 Å².